The van der Waals surface area contributed by atoms with Gasteiger partial charge in [0.2, 0.25) is 0 Å². The van der Waals surface area contributed by atoms with Crippen LogP contribution in [0.1, 0.15) is 25.8 Å². The van der Waals surface area contributed by atoms with Crippen LogP contribution in [-0.2, 0) is 4.79 Å². The molecule has 0 radical (unpaired) electrons. The lowest BCUT2D eigenvalue weighted by Crippen LogP contribution is -2.22. The van der Waals surface area contributed by atoms with Gasteiger partial charge in [-0.05, 0) is 42.5 Å². The largest absolute Gasteiger partial charge is 0.478 e. The van der Waals surface area contributed by atoms with Crippen molar-refractivity contribution in [3.8, 4) is 0 Å². The summed E-state index contributed by atoms with van der Waals surface area (Å²) in [6.07, 6.45) is 3.63. The number of hydrogen-bond donors (Lipinski definition) is 1. The van der Waals surface area contributed by atoms with Gasteiger partial charge in [-0.15, -0.1) is 0 Å². The Morgan fingerprint density at radius 3 is 2.85 bits per heavy atom. The third-order valence-electron chi connectivity index (χ3n) is 3.90. The molecule has 0 amide bonds. The van der Waals surface area contributed by atoms with Gasteiger partial charge in [0.05, 0.1) is 0 Å². The molecule has 0 bridgehead atoms. The number of hydrogen-bond acceptors (Lipinski definition) is 2. The molecule has 1 aromatic rings. The Balaban J connectivity index is 2.25. The Kier molecular flexibility index (Phi) is 4.42. The third-order valence-corrected chi connectivity index (χ3v) is 3.90. The van der Waals surface area contributed by atoms with Crippen molar-refractivity contribution in [2.45, 2.75) is 20.3 Å². The second-order valence-electron chi connectivity index (χ2n) is 5.61. The van der Waals surface area contributed by atoms with E-state index >= 15 is 0 Å². The average Bonchev–Trinajstić information content (AvgIpc) is 2.86. The molecule has 4 heteroatoms. The van der Waals surface area contributed by atoms with Crippen LogP contribution in [-0.4, -0.2) is 24.2 Å². The fourth-order valence-corrected chi connectivity index (χ4v) is 2.66. The molecule has 0 aromatic heterocycles. The molecule has 0 aliphatic carbocycles. The van der Waals surface area contributed by atoms with Gasteiger partial charge in [-0.25, -0.2) is 9.18 Å². The van der Waals surface area contributed by atoms with Crippen LogP contribution >= 0.6 is 0 Å². The SMILES string of the molecule is CC(C)C1CCN(c2ccc(F)cc2/C=C/C(=O)O)C1. The summed E-state index contributed by atoms with van der Waals surface area (Å²) in [5, 5.41) is 8.72. The van der Waals surface area contributed by atoms with E-state index in [0.29, 0.717) is 17.4 Å². The van der Waals surface area contributed by atoms with Crippen LogP contribution in [0, 0.1) is 17.7 Å². The maximum Gasteiger partial charge on any atom is 0.328 e. The van der Waals surface area contributed by atoms with Gasteiger partial charge < -0.3 is 10.0 Å². The normalized spacial score (nSPS) is 19.2. The summed E-state index contributed by atoms with van der Waals surface area (Å²) >= 11 is 0. The number of anilines is 1. The Labute approximate surface area is 118 Å². The number of aliphatic carboxylic acids is 1. The maximum absolute atomic E-state index is 13.4. The number of halogens is 1. The van der Waals surface area contributed by atoms with E-state index in [1.807, 2.05) is 0 Å². The fourth-order valence-electron chi connectivity index (χ4n) is 2.66. The summed E-state index contributed by atoms with van der Waals surface area (Å²) in [7, 11) is 0. The molecule has 1 heterocycles. The number of carboxylic acid groups (broad SMARTS) is 1. The van der Waals surface area contributed by atoms with Crippen LogP contribution in [0.2, 0.25) is 0 Å². The van der Waals surface area contributed by atoms with Crippen LogP contribution < -0.4 is 4.90 Å². The third kappa shape index (κ3) is 3.38. The topological polar surface area (TPSA) is 40.5 Å². The molecule has 1 unspecified atom stereocenters. The molecule has 1 aliphatic rings. The van der Waals surface area contributed by atoms with E-state index in [4.69, 9.17) is 5.11 Å². The van der Waals surface area contributed by atoms with Crippen molar-refractivity contribution in [2.75, 3.05) is 18.0 Å². The van der Waals surface area contributed by atoms with Gasteiger partial charge in [0.15, 0.2) is 0 Å². The molecular weight excluding hydrogens is 257 g/mol. The first kappa shape index (κ1) is 14.6. The highest BCUT2D eigenvalue weighted by Crippen LogP contribution is 2.31. The fraction of sp³-hybridized carbons (Fsp3) is 0.438. The zero-order valence-electron chi connectivity index (χ0n) is 11.8. The summed E-state index contributed by atoms with van der Waals surface area (Å²) in [5.74, 6) is -0.116. The zero-order chi connectivity index (χ0) is 14.7. The van der Waals surface area contributed by atoms with Gasteiger partial charge in [0, 0.05) is 30.4 Å². The quantitative estimate of drug-likeness (QED) is 0.857. The number of rotatable bonds is 4. The lowest BCUT2D eigenvalue weighted by Gasteiger charge is -2.22. The first-order valence-electron chi connectivity index (χ1n) is 6.93. The van der Waals surface area contributed by atoms with E-state index in [2.05, 4.69) is 18.7 Å². The molecule has 108 valence electrons. The van der Waals surface area contributed by atoms with E-state index in [1.54, 1.807) is 6.07 Å². The maximum atomic E-state index is 13.4. The van der Waals surface area contributed by atoms with Crippen molar-refractivity contribution in [3.05, 3.63) is 35.7 Å². The summed E-state index contributed by atoms with van der Waals surface area (Å²) in [5.41, 5.74) is 1.53. The molecule has 2 rings (SSSR count). The monoisotopic (exact) mass is 277 g/mol. The van der Waals surface area contributed by atoms with Gasteiger partial charge in [0.25, 0.3) is 0 Å². The van der Waals surface area contributed by atoms with Gasteiger partial charge >= 0.3 is 5.97 Å². The summed E-state index contributed by atoms with van der Waals surface area (Å²) < 4.78 is 13.4. The summed E-state index contributed by atoms with van der Waals surface area (Å²) in [6, 6.07) is 4.55. The van der Waals surface area contributed by atoms with Crippen molar-refractivity contribution in [1.82, 2.24) is 0 Å². The summed E-state index contributed by atoms with van der Waals surface area (Å²) in [6.45, 7) is 6.30. The Morgan fingerprint density at radius 2 is 2.25 bits per heavy atom. The first-order valence-corrected chi connectivity index (χ1v) is 6.93. The molecule has 1 aromatic carbocycles. The van der Waals surface area contributed by atoms with Crippen LogP contribution in [0.25, 0.3) is 6.08 Å². The van der Waals surface area contributed by atoms with E-state index in [1.165, 1.54) is 18.2 Å². The Morgan fingerprint density at radius 1 is 1.50 bits per heavy atom. The van der Waals surface area contributed by atoms with Crippen LogP contribution in [0.3, 0.4) is 0 Å². The molecule has 20 heavy (non-hydrogen) atoms. The average molecular weight is 277 g/mol. The smallest absolute Gasteiger partial charge is 0.328 e. The molecule has 1 atom stereocenters. The molecule has 1 N–H and O–H groups in total. The van der Waals surface area contributed by atoms with E-state index in [9.17, 15) is 9.18 Å². The van der Waals surface area contributed by atoms with Crippen LogP contribution in [0.15, 0.2) is 24.3 Å². The highest BCUT2D eigenvalue weighted by atomic mass is 19.1. The minimum Gasteiger partial charge on any atom is -0.478 e. The summed E-state index contributed by atoms with van der Waals surface area (Å²) in [4.78, 5) is 12.9. The number of carbonyl (C=O) groups is 1. The van der Waals surface area contributed by atoms with Gasteiger partial charge in [-0.1, -0.05) is 13.8 Å². The highest BCUT2D eigenvalue weighted by molar-refractivity contribution is 5.87. The molecule has 1 fully saturated rings. The Hall–Kier alpha value is -1.84. The zero-order valence-corrected chi connectivity index (χ0v) is 11.8. The number of nitrogens with zero attached hydrogens (tertiary/aromatic N) is 1. The van der Waals surface area contributed by atoms with Gasteiger partial charge in [-0.3, -0.25) is 0 Å². The van der Waals surface area contributed by atoms with Gasteiger partial charge in [-0.2, -0.15) is 0 Å². The van der Waals surface area contributed by atoms with Gasteiger partial charge in [0.1, 0.15) is 5.82 Å². The minimum absolute atomic E-state index is 0.349. The standard InChI is InChI=1S/C16H20FNO2/c1-11(2)13-7-8-18(10-13)15-5-4-14(17)9-12(15)3-6-16(19)20/h3-6,9,11,13H,7-8,10H2,1-2H3,(H,19,20)/b6-3+. The first-order chi connectivity index (χ1) is 9.47. The molecular formula is C16H20FNO2. The van der Waals surface area contributed by atoms with Crippen LogP contribution in [0.4, 0.5) is 10.1 Å². The van der Waals surface area contributed by atoms with Crippen molar-refractivity contribution in [1.29, 1.82) is 0 Å². The predicted octanol–water partition coefficient (Wildman–Crippen LogP) is 3.41. The number of carboxylic acids is 1. The Bertz CT molecular complexity index is 525. The van der Waals surface area contributed by atoms with E-state index in [-0.39, 0.29) is 5.82 Å². The lowest BCUT2D eigenvalue weighted by molar-refractivity contribution is -0.131. The molecule has 0 saturated carbocycles. The highest BCUT2D eigenvalue weighted by Gasteiger charge is 2.26. The van der Waals surface area contributed by atoms with Crippen molar-refractivity contribution in [2.24, 2.45) is 11.8 Å². The van der Waals surface area contributed by atoms with Crippen molar-refractivity contribution in [3.63, 3.8) is 0 Å². The predicted molar refractivity (Wildman–Crippen MR) is 78.2 cm³/mol. The van der Waals surface area contributed by atoms with E-state index < -0.39 is 5.97 Å². The second kappa shape index (κ2) is 6.07. The van der Waals surface area contributed by atoms with E-state index in [0.717, 1.165) is 31.3 Å². The second-order valence-corrected chi connectivity index (χ2v) is 5.61. The molecule has 1 saturated heterocycles. The molecule has 0 spiro atoms. The number of benzene rings is 1. The van der Waals surface area contributed by atoms with Crippen molar-refractivity contribution < 1.29 is 14.3 Å². The van der Waals surface area contributed by atoms with Crippen molar-refractivity contribution >= 4 is 17.7 Å². The van der Waals surface area contributed by atoms with Crippen LogP contribution in [0.5, 0.6) is 0 Å². The minimum atomic E-state index is -1.03. The molecule has 3 nitrogen and oxygen atoms in total. The molecule has 1 aliphatic heterocycles. The lowest BCUT2D eigenvalue weighted by atomic mass is 9.95.